The van der Waals surface area contributed by atoms with E-state index in [-0.39, 0.29) is 0 Å². The Balaban J connectivity index is 1.78. The van der Waals surface area contributed by atoms with E-state index in [4.69, 9.17) is 28.9 Å². The molecule has 7 nitrogen and oxygen atoms in total. The van der Waals surface area contributed by atoms with Crippen molar-refractivity contribution in [3.05, 3.63) is 59.2 Å². The molecule has 2 heterocycles. The zero-order valence-corrected chi connectivity index (χ0v) is 19.3. The molecule has 8 heteroatoms. The van der Waals surface area contributed by atoms with E-state index in [0.717, 1.165) is 32.7 Å². The lowest BCUT2D eigenvalue weighted by Gasteiger charge is -2.16. The van der Waals surface area contributed by atoms with Crippen LogP contribution in [0, 0.1) is 0 Å². The van der Waals surface area contributed by atoms with Crippen molar-refractivity contribution in [3.8, 4) is 28.4 Å². The number of nitrogens with zero attached hydrogens (tertiary/aromatic N) is 2. The van der Waals surface area contributed by atoms with E-state index in [2.05, 4.69) is 22.8 Å². The van der Waals surface area contributed by atoms with Gasteiger partial charge >= 0.3 is 0 Å². The summed E-state index contributed by atoms with van der Waals surface area (Å²) in [5.41, 5.74) is 3.07. The number of fused-ring (bicyclic) bond motifs is 1. The highest BCUT2D eigenvalue weighted by atomic mass is 32.1. The maximum atomic E-state index is 5.60. The normalized spacial score (nSPS) is 10.9. The van der Waals surface area contributed by atoms with Crippen LogP contribution in [0.1, 0.15) is 11.4 Å². The van der Waals surface area contributed by atoms with Gasteiger partial charge in [-0.3, -0.25) is 0 Å². The molecular weight excluding hydrogens is 426 g/mol. The third kappa shape index (κ3) is 4.32. The molecule has 4 rings (SSSR count). The summed E-state index contributed by atoms with van der Waals surface area (Å²) < 4.78 is 21.8. The van der Waals surface area contributed by atoms with Gasteiger partial charge < -0.3 is 24.3 Å². The Morgan fingerprint density at radius 2 is 1.62 bits per heavy atom. The Labute approximate surface area is 191 Å². The standard InChI is InChI=1S/C24H25N3O4S/c1-28-13-21-26-23(22-18(14-32-24(22)27-21)15-8-6-5-7-9-15)25-12-17-19(30-3)10-16(29-2)11-20(17)31-4/h5-11,14H,12-13H2,1-4H3,(H,25,26,27). The minimum atomic E-state index is 0.332. The molecule has 4 aromatic rings. The minimum Gasteiger partial charge on any atom is -0.496 e. The number of benzene rings is 2. The van der Waals surface area contributed by atoms with Crippen LogP contribution in [0.3, 0.4) is 0 Å². The van der Waals surface area contributed by atoms with Gasteiger partial charge in [0, 0.05) is 36.7 Å². The minimum absolute atomic E-state index is 0.332. The van der Waals surface area contributed by atoms with Gasteiger partial charge in [0.2, 0.25) is 0 Å². The van der Waals surface area contributed by atoms with Gasteiger partial charge in [-0.25, -0.2) is 9.97 Å². The molecule has 0 aliphatic carbocycles. The van der Waals surface area contributed by atoms with E-state index in [1.165, 1.54) is 0 Å². The van der Waals surface area contributed by atoms with E-state index in [0.29, 0.717) is 36.2 Å². The first kappa shape index (κ1) is 21.9. The lowest BCUT2D eigenvalue weighted by molar-refractivity contribution is 0.178. The second kappa shape index (κ2) is 9.84. The van der Waals surface area contributed by atoms with Crippen molar-refractivity contribution < 1.29 is 18.9 Å². The Morgan fingerprint density at radius 1 is 0.906 bits per heavy atom. The van der Waals surface area contributed by atoms with Gasteiger partial charge in [-0.15, -0.1) is 11.3 Å². The number of rotatable bonds is 9. The van der Waals surface area contributed by atoms with E-state index < -0.39 is 0 Å². The molecule has 0 fully saturated rings. The smallest absolute Gasteiger partial charge is 0.158 e. The molecule has 0 radical (unpaired) electrons. The topological polar surface area (TPSA) is 74.7 Å². The fourth-order valence-corrected chi connectivity index (χ4v) is 4.53. The molecule has 32 heavy (non-hydrogen) atoms. The summed E-state index contributed by atoms with van der Waals surface area (Å²) in [5, 5.41) is 6.58. The third-order valence-electron chi connectivity index (χ3n) is 5.09. The first-order chi connectivity index (χ1) is 15.7. The number of ether oxygens (including phenoxy) is 4. The van der Waals surface area contributed by atoms with E-state index in [1.807, 2.05) is 30.3 Å². The molecule has 0 unspecified atom stereocenters. The molecule has 0 aliphatic rings. The van der Waals surface area contributed by atoms with Gasteiger partial charge in [0.1, 0.15) is 34.5 Å². The summed E-state index contributed by atoms with van der Waals surface area (Å²) in [6.45, 7) is 0.775. The van der Waals surface area contributed by atoms with Crippen LogP contribution in [0.2, 0.25) is 0 Å². The Kier molecular flexibility index (Phi) is 6.72. The van der Waals surface area contributed by atoms with Crippen molar-refractivity contribution in [1.82, 2.24) is 9.97 Å². The number of hydrogen-bond acceptors (Lipinski definition) is 8. The Hall–Kier alpha value is -3.36. The summed E-state index contributed by atoms with van der Waals surface area (Å²) in [6, 6.07) is 13.9. The van der Waals surface area contributed by atoms with Gasteiger partial charge in [-0.1, -0.05) is 30.3 Å². The van der Waals surface area contributed by atoms with Crippen LogP contribution in [-0.2, 0) is 17.9 Å². The molecule has 2 aromatic heterocycles. The Bertz CT molecular complexity index is 1190. The van der Waals surface area contributed by atoms with Crippen molar-refractivity contribution >= 4 is 27.4 Å². The highest BCUT2D eigenvalue weighted by Gasteiger charge is 2.18. The number of thiophene rings is 1. The zero-order chi connectivity index (χ0) is 22.5. The maximum Gasteiger partial charge on any atom is 0.158 e. The van der Waals surface area contributed by atoms with Crippen molar-refractivity contribution in [3.63, 3.8) is 0 Å². The molecular formula is C24H25N3O4S. The number of methoxy groups -OCH3 is 4. The number of hydrogen-bond donors (Lipinski definition) is 1. The second-order valence-electron chi connectivity index (χ2n) is 6.98. The van der Waals surface area contributed by atoms with E-state index in [1.54, 1.807) is 39.8 Å². The summed E-state index contributed by atoms with van der Waals surface area (Å²) in [6.07, 6.45) is 0. The summed E-state index contributed by atoms with van der Waals surface area (Å²) in [7, 11) is 6.51. The van der Waals surface area contributed by atoms with Gasteiger partial charge in [-0.05, 0) is 5.56 Å². The average Bonchev–Trinajstić information content (AvgIpc) is 3.27. The SMILES string of the molecule is COCc1nc(NCc2c(OC)cc(OC)cc2OC)c2c(-c3ccccc3)csc2n1. The highest BCUT2D eigenvalue weighted by Crippen LogP contribution is 2.39. The number of aromatic nitrogens is 2. The molecule has 0 saturated carbocycles. The predicted molar refractivity (Wildman–Crippen MR) is 127 cm³/mol. The molecule has 1 N–H and O–H groups in total. The van der Waals surface area contributed by atoms with Gasteiger partial charge in [0.05, 0.1) is 32.3 Å². The van der Waals surface area contributed by atoms with Crippen LogP contribution < -0.4 is 19.5 Å². The molecule has 0 spiro atoms. The molecule has 166 valence electrons. The quantitative estimate of drug-likeness (QED) is 0.377. The van der Waals surface area contributed by atoms with E-state index >= 15 is 0 Å². The maximum absolute atomic E-state index is 5.60. The highest BCUT2D eigenvalue weighted by molar-refractivity contribution is 7.17. The summed E-state index contributed by atoms with van der Waals surface area (Å²) in [4.78, 5) is 10.4. The second-order valence-corrected chi connectivity index (χ2v) is 7.84. The molecule has 0 aliphatic heterocycles. The molecule has 0 amide bonds. The zero-order valence-electron chi connectivity index (χ0n) is 18.5. The van der Waals surface area contributed by atoms with Crippen LogP contribution in [0.15, 0.2) is 47.8 Å². The predicted octanol–water partition coefficient (Wildman–Crippen LogP) is 5.14. The van der Waals surface area contributed by atoms with Gasteiger partial charge in [0.25, 0.3) is 0 Å². The molecule has 0 atom stereocenters. The largest absolute Gasteiger partial charge is 0.496 e. The van der Waals surface area contributed by atoms with Crippen molar-refractivity contribution in [2.24, 2.45) is 0 Å². The molecule has 0 bridgehead atoms. The van der Waals surface area contributed by atoms with Crippen molar-refractivity contribution in [2.75, 3.05) is 33.8 Å². The van der Waals surface area contributed by atoms with Crippen LogP contribution in [-0.4, -0.2) is 38.4 Å². The lowest BCUT2D eigenvalue weighted by Crippen LogP contribution is -2.08. The monoisotopic (exact) mass is 451 g/mol. The number of anilines is 1. The fourth-order valence-electron chi connectivity index (χ4n) is 3.56. The molecule has 2 aromatic carbocycles. The first-order valence-corrected chi connectivity index (χ1v) is 10.9. The Morgan fingerprint density at radius 3 is 2.25 bits per heavy atom. The average molecular weight is 452 g/mol. The van der Waals surface area contributed by atoms with Gasteiger partial charge in [-0.2, -0.15) is 0 Å². The third-order valence-corrected chi connectivity index (χ3v) is 5.96. The first-order valence-electron chi connectivity index (χ1n) is 10.0. The van der Waals surface area contributed by atoms with E-state index in [9.17, 15) is 0 Å². The lowest BCUT2D eigenvalue weighted by atomic mass is 10.1. The number of nitrogens with one attached hydrogen (secondary N) is 1. The van der Waals surface area contributed by atoms with Crippen LogP contribution in [0.4, 0.5) is 5.82 Å². The van der Waals surface area contributed by atoms with Crippen molar-refractivity contribution in [2.45, 2.75) is 13.2 Å². The van der Waals surface area contributed by atoms with Gasteiger partial charge in [0.15, 0.2) is 5.82 Å². The van der Waals surface area contributed by atoms with Crippen molar-refractivity contribution in [1.29, 1.82) is 0 Å². The summed E-state index contributed by atoms with van der Waals surface area (Å²) >= 11 is 1.59. The van der Waals surface area contributed by atoms with Crippen LogP contribution in [0.25, 0.3) is 21.3 Å². The fraction of sp³-hybridized carbons (Fsp3) is 0.250. The summed E-state index contributed by atoms with van der Waals surface area (Å²) in [5.74, 6) is 3.37. The molecule has 0 saturated heterocycles. The van der Waals surface area contributed by atoms with Crippen LogP contribution in [0.5, 0.6) is 17.2 Å². The van der Waals surface area contributed by atoms with Crippen LogP contribution >= 0.6 is 11.3 Å².